The minimum Gasteiger partial charge on any atom is -0.329 e. The monoisotopic (exact) mass is 311 g/mol. The molecule has 0 bridgehead atoms. The molecule has 0 aliphatic rings. The van der Waals surface area contributed by atoms with Gasteiger partial charge in [-0.25, -0.2) is 4.39 Å². The molecule has 0 fully saturated rings. The van der Waals surface area contributed by atoms with Crippen LogP contribution in [0.2, 0.25) is 0 Å². The van der Waals surface area contributed by atoms with Crippen LogP contribution in [0.1, 0.15) is 11.4 Å². The van der Waals surface area contributed by atoms with Crippen molar-refractivity contribution in [1.82, 2.24) is 14.8 Å². The smallest absolute Gasteiger partial charge is 0.272 e. The predicted octanol–water partition coefficient (Wildman–Crippen LogP) is 1.88. The fraction of sp³-hybridized carbons (Fsp3) is 0.333. The van der Waals surface area contributed by atoms with E-state index in [0.29, 0.717) is 29.6 Å². The average molecular weight is 311 g/mol. The van der Waals surface area contributed by atoms with Crippen LogP contribution in [-0.2, 0) is 12.3 Å². The molecule has 0 radical (unpaired) electrons. The molecular formula is C12H14FN5O2S. The molecule has 0 saturated carbocycles. The maximum absolute atomic E-state index is 13.4. The van der Waals surface area contributed by atoms with Gasteiger partial charge in [-0.15, -0.1) is 10.2 Å². The molecule has 1 heterocycles. The molecule has 0 spiro atoms. The zero-order valence-corrected chi connectivity index (χ0v) is 12.1. The number of rotatable bonds is 6. The predicted molar refractivity (Wildman–Crippen MR) is 76.4 cm³/mol. The van der Waals surface area contributed by atoms with Crippen LogP contribution >= 0.6 is 11.8 Å². The Morgan fingerprint density at radius 1 is 1.43 bits per heavy atom. The summed E-state index contributed by atoms with van der Waals surface area (Å²) in [5, 5.41) is 19.4. The van der Waals surface area contributed by atoms with E-state index in [1.807, 2.05) is 11.5 Å². The zero-order valence-electron chi connectivity index (χ0n) is 11.3. The third kappa shape index (κ3) is 3.76. The van der Waals surface area contributed by atoms with Gasteiger partial charge in [0.25, 0.3) is 5.69 Å². The maximum atomic E-state index is 13.4. The van der Waals surface area contributed by atoms with Crippen molar-refractivity contribution in [3.05, 3.63) is 45.5 Å². The van der Waals surface area contributed by atoms with Crippen LogP contribution < -0.4 is 5.73 Å². The number of thioether (sulfide) groups is 1. The molecule has 0 saturated heterocycles. The first-order valence-corrected chi connectivity index (χ1v) is 7.16. The van der Waals surface area contributed by atoms with Gasteiger partial charge in [-0.1, -0.05) is 11.8 Å². The minimum absolute atomic E-state index is 0.259. The first-order chi connectivity index (χ1) is 10.0. The van der Waals surface area contributed by atoms with Gasteiger partial charge < -0.3 is 10.3 Å². The zero-order chi connectivity index (χ0) is 15.4. The number of nitro benzene ring substituents is 1. The van der Waals surface area contributed by atoms with Crippen LogP contribution in [0.15, 0.2) is 23.4 Å². The van der Waals surface area contributed by atoms with Crippen molar-refractivity contribution in [2.75, 3.05) is 6.54 Å². The SMILES string of the molecule is Cc1nnc(SCc2cc(F)cc([N+](=O)[O-])c2)n1CCN. The molecule has 21 heavy (non-hydrogen) atoms. The van der Waals surface area contributed by atoms with E-state index >= 15 is 0 Å². The molecule has 9 heteroatoms. The number of hydrogen-bond donors (Lipinski definition) is 1. The Morgan fingerprint density at radius 2 is 2.19 bits per heavy atom. The van der Waals surface area contributed by atoms with Crippen LogP contribution in [0.5, 0.6) is 0 Å². The molecule has 0 aliphatic heterocycles. The number of nitrogens with two attached hydrogens (primary N) is 1. The van der Waals surface area contributed by atoms with Crippen LogP contribution in [0.3, 0.4) is 0 Å². The number of benzene rings is 1. The molecule has 2 N–H and O–H groups in total. The van der Waals surface area contributed by atoms with Crippen molar-refractivity contribution in [2.24, 2.45) is 5.73 Å². The fourth-order valence-electron chi connectivity index (χ4n) is 1.82. The van der Waals surface area contributed by atoms with Gasteiger partial charge in [-0.05, 0) is 18.6 Å². The van der Waals surface area contributed by atoms with E-state index < -0.39 is 10.7 Å². The number of nitrogens with zero attached hydrogens (tertiary/aromatic N) is 4. The van der Waals surface area contributed by atoms with Gasteiger partial charge in [-0.3, -0.25) is 10.1 Å². The van der Waals surface area contributed by atoms with Crippen LogP contribution in [0, 0.1) is 22.9 Å². The molecule has 112 valence electrons. The standard InChI is InChI=1S/C12H14FN5O2S/c1-8-15-16-12(17(8)3-2-14)21-7-9-4-10(13)6-11(5-9)18(19)20/h4-6H,2-3,7,14H2,1H3. The summed E-state index contributed by atoms with van der Waals surface area (Å²) >= 11 is 1.33. The van der Waals surface area contributed by atoms with Crippen molar-refractivity contribution in [3.8, 4) is 0 Å². The van der Waals surface area contributed by atoms with Crippen LogP contribution in [0.4, 0.5) is 10.1 Å². The highest BCUT2D eigenvalue weighted by atomic mass is 32.2. The van der Waals surface area contributed by atoms with E-state index in [-0.39, 0.29) is 5.69 Å². The molecule has 0 unspecified atom stereocenters. The lowest BCUT2D eigenvalue weighted by Crippen LogP contribution is -2.12. The van der Waals surface area contributed by atoms with Gasteiger partial charge in [0, 0.05) is 24.9 Å². The van der Waals surface area contributed by atoms with Gasteiger partial charge in [0.05, 0.1) is 11.0 Å². The summed E-state index contributed by atoms with van der Waals surface area (Å²) in [6.45, 7) is 2.86. The summed E-state index contributed by atoms with van der Waals surface area (Å²) in [6.07, 6.45) is 0. The number of nitro groups is 1. The van der Waals surface area contributed by atoms with E-state index in [0.717, 1.165) is 11.9 Å². The quantitative estimate of drug-likeness (QED) is 0.497. The highest BCUT2D eigenvalue weighted by molar-refractivity contribution is 7.98. The van der Waals surface area contributed by atoms with Crippen LogP contribution in [-0.4, -0.2) is 26.2 Å². The Hall–Kier alpha value is -2.00. The summed E-state index contributed by atoms with van der Waals surface area (Å²) in [4.78, 5) is 10.1. The molecule has 0 atom stereocenters. The number of hydrogen-bond acceptors (Lipinski definition) is 6. The van der Waals surface area contributed by atoms with Gasteiger partial charge in [-0.2, -0.15) is 0 Å². The summed E-state index contributed by atoms with van der Waals surface area (Å²) in [7, 11) is 0. The van der Waals surface area contributed by atoms with Crippen molar-refractivity contribution in [1.29, 1.82) is 0 Å². The second-order valence-electron chi connectivity index (χ2n) is 4.33. The van der Waals surface area contributed by atoms with E-state index in [1.54, 1.807) is 0 Å². The topological polar surface area (TPSA) is 99.9 Å². The Balaban J connectivity index is 2.15. The third-order valence-electron chi connectivity index (χ3n) is 2.78. The van der Waals surface area contributed by atoms with Crippen molar-refractivity contribution in [2.45, 2.75) is 24.4 Å². The molecule has 1 aromatic carbocycles. The van der Waals surface area contributed by atoms with Gasteiger partial charge >= 0.3 is 0 Å². The Bertz CT molecular complexity index is 661. The third-order valence-corrected chi connectivity index (χ3v) is 3.81. The summed E-state index contributed by atoms with van der Waals surface area (Å²) in [5.41, 5.74) is 5.79. The molecular weight excluding hydrogens is 297 g/mol. The number of halogens is 1. The number of aromatic nitrogens is 3. The highest BCUT2D eigenvalue weighted by Gasteiger charge is 2.12. The molecule has 7 nitrogen and oxygen atoms in total. The first kappa shape index (κ1) is 15.4. The van der Waals surface area contributed by atoms with Crippen LogP contribution in [0.25, 0.3) is 0 Å². The highest BCUT2D eigenvalue weighted by Crippen LogP contribution is 2.24. The Morgan fingerprint density at radius 3 is 2.86 bits per heavy atom. The maximum Gasteiger partial charge on any atom is 0.272 e. The fourth-order valence-corrected chi connectivity index (χ4v) is 2.77. The second-order valence-corrected chi connectivity index (χ2v) is 5.28. The molecule has 1 aromatic heterocycles. The summed E-state index contributed by atoms with van der Waals surface area (Å²) in [6, 6.07) is 3.53. The number of aryl methyl sites for hydroxylation is 1. The average Bonchev–Trinajstić information content (AvgIpc) is 2.77. The van der Waals surface area contributed by atoms with Gasteiger partial charge in [0.1, 0.15) is 11.6 Å². The normalized spacial score (nSPS) is 10.8. The summed E-state index contributed by atoms with van der Waals surface area (Å²) in [5.74, 6) is 0.481. The Kier molecular flexibility index (Phi) is 4.86. The first-order valence-electron chi connectivity index (χ1n) is 6.18. The lowest BCUT2D eigenvalue weighted by atomic mass is 10.2. The van der Waals surface area contributed by atoms with Gasteiger partial charge in [0.15, 0.2) is 5.16 Å². The Labute approximate surface area is 124 Å². The summed E-state index contributed by atoms with van der Waals surface area (Å²) < 4.78 is 15.2. The minimum atomic E-state index is -0.626. The molecule has 2 aromatic rings. The van der Waals surface area contributed by atoms with Crippen molar-refractivity contribution < 1.29 is 9.31 Å². The van der Waals surface area contributed by atoms with E-state index in [1.165, 1.54) is 23.9 Å². The largest absolute Gasteiger partial charge is 0.329 e. The molecule has 0 aliphatic carbocycles. The van der Waals surface area contributed by atoms with Crippen molar-refractivity contribution in [3.63, 3.8) is 0 Å². The number of non-ortho nitro benzene ring substituents is 1. The van der Waals surface area contributed by atoms with E-state index in [9.17, 15) is 14.5 Å². The second kappa shape index (κ2) is 6.64. The van der Waals surface area contributed by atoms with Crippen molar-refractivity contribution >= 4 is 17.4 Å². The molecule has 2 rings (SSSR count). The molecule has 0 amide bonds. The van der Waals surface area contributed by atoms with E-state index in [4.69, 9.17) is 5.73 Å². The van der Waals surface area contributed by atoms with E-state index in [2.05, 4.69) is 10.2 Å². The van der Waals surface area contributed by atoms with Gasteiger partial charge in [0.2, 0.25) is 0 Å². The lowest BCUT2D eigenvalue weighted by Gasteiger charge is -2.06. The lowest BCUT2D eigenvalue weighted by molar-refractivity contribution is -0.385.